The van der Waals surface area contributed by atoms with E-state index in [-0.39, 0.29) is 0 Å². The normalized spacial score (nSPS) is 10.3. The molecule has 2 aromatic carbocycles. The molecule has 7 nitrogen and oxygen atoms in total. The fourth-order valence-electron chi connectivity index (χ4n) is 2.22. The maximum atomic E-state index is 11.1. The van der Waals surface area contributed by atoms with Crippen LogP contribution in [0.5, 0.6) is 0 Å². The smallest absolute Gasteiger partial charge is 0.248 e. The van der Waals surface area contributed by atoms with Gasteiger partial charge in [-0.3, -0.25) is 4.79 Å². The molecule has 0 saturated carbocycles. The van der Waals surface area contributed by atoms with Crippen LogP contribution in [0.25, 0.3) is 17.0 Å². The van der Waals surface area contributed by atoms with Crippen LogP contribution in [0.3, 0.4) is 0 Å². The molecule has 0 atom stereocenters. The highest BCUT2D eigenvalue weighted by atomic mass is 16.1. The lowest BCUT2D eigenvalue weighted by molar-refractivity contribution is -0.112. The van der Waals surface area contributed by atoms with Gasteiger partial charge in [0.1, 0.15) is 0 Å². The van der Waals surface area contributed by atoms with Crippen molar-refractivity contribution < 1.29 is 4.79 Å². The predicted molar refractivity (Wildman–Crippen MR) is 91.6 cm³/mol. The Labute approximate surface area is 138 Å². The zero-order valence-electron chi connectivity index (χ0n) is 12.9. The number of nitrogens with two attached hydrogens (primary N) is 1. The van der Waals surface area contributed by atoms with E-state index in [4.69, 9.17) is 5.73 Å². The highest BCUT2D eigenvalue weighted by Gasteiger charge is 2.05. The number of anilines is 1. The summed E-state index contributed by atoms with van der Waals surface area (Å²) in [6.07, 6.45) is 0. The molecule has 3 aromatic rings. The number of nitrogens with zero attached hydrogens (tertiary/aromatic N) is 3. The first kappa shape index (κ1) is 15.4. The quantitative estimate of drug-likeness (QED) is 0.602. The molecule has 0 saturated heterocycles. The second-order valence-electron chi connectivity index (χ2n) is 5.21. The Morgan fingerprint density at radius 2 is 2.00 bits per heavy atom. The van der Waals surface area contributed by atoms with Crippen LogP contribution in [-0.4, -0.2) is 26.5 Å². The van der Waals surface area contributed by atoms with E-state index in [1.165, 1.54) is 0 Å². The molecular formula is C17H16N6O. The lowest BCUT2D eigenvalue weighted by Gasteiger charge is -2.08. The highest BCUT2D eigenvalue weighted by molar-refractivity contribution is 6.17. The van der Waals surface area contributed by atoms with E-state index in [2.05, 4.69) is 32.5 Å². The number of carbonyl (C=O) groups is 1. The van der Waals surface area contributed by atoms with E-state index in [0.29, 0.717) is 17.9 Å². The average molecular weight is 320 g/mol. The van der Waals surface area contributed by atoms with Gasteiger partial charge in [0.15, 0.2) is 0 Å². The first-order chi connectivity index (χ1) is 11.6. The molecule has 0 radical (unpaired) electrons. The third-order valence-corrected chi connectivity index (χ3v) is 3.56. The summed E-state index contributed by atoms with van der Waals surface area (Å²) in [6, 6.07) is 15.3. The monoisotopic (exact) mass is 320 g/mol. The van der Waals surface area contributed by atoms with Gasteiger partial charge in [-0.05, 0) is 28.5 Å². The molecule has 24 heavy (non-hydrogen) atoms. The van der Waals surface area contributed by atoms with E-state index in [1.807, 2.05) is 48.5 Å². The molecule has 1 aromatic heterocycles. The van der Waals surface area contributed by atoms with E-state index in [1.54, 1.807) is 0 Å². The van der Waals surface area contributed by atoms with Crippen molar-refractivity contribution in [1.82, 2.24) is 20.6 Å². The van der Waals surface area contributed by atoms with Gasteiger partial charge in [0.2, 0.25) is 11.7 Å². The van der Waals surface area contributed by atoms with Gasteiger partial charge in [-0.1, -0.05) is 43.0 Å². The van der Waals surface area contributed by atoms with E-state index in [9.17, 15) is 4.79 Å². The topological polar surface area (TPSA) is 110 Å². The molecule has 0 aliphatic carbocycles. The summed E-state index contributed by atoms with van der Waals surface area (Å²) in [4.78, 5) is 11.1. The minimum Gasteiger partial charge on any atom is -0.381 e. The minimum absolute atomic E-state index is 0.308. The number of tetrazole rings is 1. The van der Waals surface area contributed by atoms with Crippen molar-refractivity contribution in [1.29, 1.82) is 0 Å². The Bertz CT molecular complexity index is 855. The fourth-order valence-corrected chi connectivity index (χ4v) is 2.22. The molecular weight excluding hydrogens is 304 g/mol. The maximum Gasteiger partial charge on any atom is 0.248 e. The number of H-pyrrole nitrogens is 1. The molecule has 0 fully saturated rings. The molecule has 1 heterocycles. The second-order valence-corrected chi connectivity index (χ2v) is 5.21. The fraction of sp³-hybridized carbons (Fsp3) is 0.0588. The SMILES string of the molecule is C=C(C(N)=O)c1ccc(CNc2cccc(-c3nn[nH]n3)c2)cc1. The van der Waals surface area contributed by atoms with E-state index < -0.39 is 5.91 Å². The summed E-state index contributed by atoms with van der Waals surface area (Å²) < 4.78 is 0. The van der Waals surface area contributed by atoms with Crippen LogP contribution >= 0.6 is 0 Å². The summed E-state index contributed by atoms with van der Waals surface area (Å²) in [5, 5.41) is 17.3. The molecule has 4 N–H and O–H groups in total. The zero-order valence-corrected chi connectivity index (χ0v) is 12.9. The Kier molecular flexibility index (Phi) is 4.33. The highest BCUT2D eigenvalue weighted by Crippen LogP contribution is 2.19. The Balaban J connectivity index is 1.67. The molecule has 0 aliphatic heterocycles. The summed E-state index contributed by atoms with van der Waals surface area (Å²) in [6.45, 7) is 4.31. The van der Waals surface area contributed by atoms with Gasteiger partial charge in [0.25, 0.3) is 0 Å². The van der Waals surface area contributed by atoms with Crippen LogP contribution in [0, 0.1) is 0 Å². The van der Waals surface area contributed by atoms with Gasteiger partial charge in [0, 0.05) is 23.4 Å². The van der Waals surface area contributed by atoms with Gasteiger partial charge in [-0.2, -0.15) is 5.21 Å². The zero-order chi connectivity index (χ0) is 16.9. The van der Waals surface area contributed by atoms with Crippen molar-refractivity contribution in [2.24, 2.45) is 5.73 Å². The van der Waals surface area contributed by atoms with Crippen molar-refractivity contribution >= 4 is 17.2 Å². The maximum absolute atomic E-state index is 11.1. The molecule has 7 heteroatoms. The summed E-state index contributed by atoms with van der Waals surface area (Å²) in [5.74, 6) is 0.0344. The van der Waals surface area contributed by atoms with Gasteiger partial charge in [-0.15, -0.1) is 10.2 Å². The van der Waals surface area contributed by atoms with Crippen molar-refractivity contribution in [2.75, 3.05) is 5.32 Å². The molecule has 0 spiro atoms. The molecule has 0 unspecified atom stereocenters. The first-order valence-corrected chi connectivity index (χ1v) is 7.29. The van der Waals surface area contributed by atoms with Crippen LogP contribution in [-0.2, 0) is 11.3 Å². The average Bonchev–Trinajstić information content (AvgIpc) is 3.15. The first-order valence-electron chi connectivity index (χ1n) is 7.29. The molecule has 0 bridgehead atoms. The Morgan fingerprint density at radius 3 is 2.67 bits per heavy atom. The van der Waals surface area contributed by atoms with Gasteiger partial charge >= 0.3 is 0 Å². The van der Waals surface area contributed by atoms with Crippen molar-refractivity contribution in [2.45, 2.75) is 6.54 Å². The number of nitrogens with one attached hydrogen (secondary N) is 2. The van der Waals surface area contributed by atoms with Crippen molar-refractivity contribution in [3.63, 3.8) is 0 Å². The number of carbonyl (C=O) groups excluding carboxylic acids is 1. The van der Waals surface area contributed by atoms with Crippen LogP contribution in [0.4, 0.5) is 5.69 Å². The van der Waals surface area contributed by atoms with Crippen molar-refractivity contribution in [3.05, 3.63) is 66.2 Å². The molecule has 120 valence electrons. The summed E-state index contributed by atoms with van der Waals surface area (Å²) in [5.41, 5.74) is 9.16. The number of amides is 1. The van der Waals surface area contributed by atoms with Crippen molar-refractivity contribution in [3.8, 4) is 11.4 Å². The van der Waals surface area contributed by atoms with Crippen LogP contribution < -0.4 is 11.1 Å². The predicted octanol–water partition coefficient (Wildman–Crippen LogP) is 1.98. The third-order valence-electron chi connectivity index (χ3n) is 3.56. The van der Waals surface area contributed by atoms with Gasteiger partial charge in [0.05, 0.1) is 0 Å². The molecule has 1 amide bonds. The Morgan fingerprint density at radius 1 is 1.21 bits per heavy atom. The number of hydrogen-bond acceptors (Lipinski definition) is 5. The number of aromatic amines is 1. The number of benzene rings is 2. The van der Waals surface area contributed by atoms with E-state index in [0.717, 1.165) is 22.4 Å². The number of primary amides is 1. The van der Waals surface area contributed by atoms with Gasteiger partial charge < -0.3 is 11.1 Å². The summed E-state index contributed by atoms with van der Waals surface area (Å²) in [7, 11) is 0. The second kappa shape index (κ2) is 6.74. The van der Waals surface area contributed by atoms with E-state index >= 15 is 0 Å². The van der Waals surface area contributed by atoms with Crippen LogP contribution in [0.2, 0.25) is 0 Å². The van der Waals surface area contributed by atoms with Crippen LogP contribution in [0.1, 0.15) is 11.1 Å². The molecule has 3 rings (SSSR count). The number of hydrogen-bond donors (Lipinski definition) is 3. The molecule has 0 aliphatic rings. The van der Waals surface area contributed by atoms with Gasteiger partial charge in [-0.25, -0.2) is 0 Å². The lowest BCUT2D eigenvalue weighted by atomic mass is 10.0. The largest absolute Gasteiger partial charge is 0.381 e. The standard InChI is InChI=1S/C17H16N6O/c1-11(16(18)24)13-7-5-12(6-8-13)10-19-15-4-2-3-14(9-15)17-20-22-23-21-17/h2-9,19H,1,10H2,(H2,18,24)(H,20,21,22,23). The van der Waals surface area contributed by atoms with Crippen LogP contribution in [0.15, 0.2) is 55.1 Å². The Hall–Kier alpha value is -3.48. The summed E-state index contributed by atoms with van der Waals surface area (Å²) >= 11 is 0. The minimum atomic E-state index is -0.515. The number of rotatable bonds is 6. The number of aromatic nitrogens is 4. The lowest BCUT2D eigenvalue weighted by Crippen LogP contribution is -2.11. The third kappa shape index (κ3) is 3.46.